The van der Waals surface area contributed by atoms with Gasteiger partial charge in [0.2, 0.25) is 9.84 Å². The standard InChI is InChI=1S/C29H25ClN2O7S/c1-2-28(29(33)31-21-8-17-26(30)27(18-21)32(34)35)39-23-11-15-25(16-12-23)40(36,37)24-13-9-22(10-14-24)38-19-20-6-4-3-5-7-20/h3-18,28H,2,19H2,1H3,(H,31,33)/t28-/m0/s1. The summed E-state index contributed by atoms with van der Waals surface area (Å²) in [5.41, 5.74) is 0.860. The number of nitrogens with zero attached hydrogens (tertiary/aromatic N) is 1. The molecule has 1 atom stereocenters. The number of nitro groups is 1. The number of rotatable bonds is 11. The van der Waals surface area contributed by atoms with Gasteiger partial charge in [0.05, 0.1) is 14.7 Å². The van der Waals surface area contributed by atoms with E-state index in [-0.39, 0.29) is 31.9 Å². The molecule has 0 saturated carbocycles. The third-order valence-corrected chi connectivity index (χ3v) is 7.97. The number of hydrogen-bond donors (Lipinski definition) is 1. The monoisotopic (exact) mass is 580 g/mol. The molecule has 0 heterocycles. The molecule has 40 heavy (non-hydrogen) atoms. The first-order valence-electron chi connectivity index (χ1n) is 12.2. The third kappa shape index (κ3) is 6.96. The fourth-order valence-electron chi connectivity index (χ4n) is 3.73. The molecule has 4 rings (SSSR count). The lowest BCUT2D eigenvalue weighted by Gasteiger charge is -2.17. The van der Waals surface area contributed by atoms with E-state index in [4.69, 9.17) is 21.1 Å². The zero-order valence-electron chi connectivity index (χ0n) is 21.3. The van der Waals surface area contributed by atoms with E-state index < -0.39 is 26.8 Å². The highest BCUT2D eigenvalue weighted by Gasteiger charge is 2.22. The summed E-state index contributed by atoms with van der Waals surface area (Å²) in [4.78, 5) is 23.4. The number of ether oxygens (including phenoxy) is 2. The van der Waals surface area contributed by atoms with Crippen molar-refractivity contribution in [2.75, 3.05) is 5.32 Å². The Morgan fingerprint density at radius 2 is 1.52 bits per heavy atom. The van der Waals surface area contributed by atoms with Crippen molar-refractivity contribution in [2.45, 2.75) is 35.8 Å². The number of amides is 1. The predicted octanol–water partition coefficient (Wildman–Crippen LogP) is 6.46. The van der Waals surface area contributed by atoms with Crippen molar-refractivity contribution in [3.05, 3.63) is 118 Å². The van der Waals surface area contributed by atoms with Crippen molar-refractivity contribution in [1.29, 1.82) is 0 Å². The molecule has 0 saturated heterocycles. The smallest absolute Gasteiger partial charge is 0.289 e. The molecule has 11 heteroatoms. The lowest BCUT2D eigenvalue weighted by atomic mass is 10.2. The molecule has 9 nitrogen and oxygen atoms in total. The number of nitro benzene ring substituents is 1. The number of sulfone groups is 1. The van der Waals surface area contributed by atoms with Gasteiger partial charge in [-0.15, -0.1) is 0 Å². The first kappa shape index (κ1) is 28.6. The van der Waals surface area contributed by atoms with E-state index in [2.05, 4.69) is 5.32 Å². The van der Waals surface area contributed by atoms with E-state index >= 15 is 0 Å². The maximum atomic E-state index is 13.1. The first-order valence-corrected chi connectivity index (χ1v) is 14.1. The van der Waals surface area contributed by atoms with Crippen LogP contribution in [0.25, 0.3) is 0 Å². The van der Waals surface area contributed by atoms with Gasteiger partial charge in [-0.2, -0.15) is 0 Å². The van der Waals surface area contributed by atoms with Crippen molar-refractivity contribution in [1.82, 2.24) is 0 Å². The van der Waals surface area contributed by atoms with Crippen LogP contribution in [0.4, 0.5) is 11.4 Å². The van der Waals surface area contributed by atoms with Crippen LogP contribution in [0.1, 0.15) is 18.9 Å². The second-order valence-corrected chi connectivity index (χ2v) is 11.0. The van der Waals surface area contributed by atoms with Gasteiger partial charge in [-0.3, -0.25) is 14.9 Å². The molecule has 1 N–H and O–H groups in total. The van der Waals surface area contributed by atoms with Crippen LogP contribution in [-0.2, 0) is 21.2 Å². The highest BCUT2D eigenvalue weighted by atomic mass is 35.5. The second-order valence-electron chi connectivity index (χ2n) is 8.65. The molecular formula is C29H25ClN2O7S. The Morgan fingerprint density at radius 3 is 2.10 bits per heavy atom. The van der Waals surface area contributed by atoms with Gasteiger partial charge in [-0.25, -0.2) is 8.42 Å². The van der Waals surface area contributed by atoms with Crippen LogP contribution >= 0.6 is 11.6 Å². The Balaban J connectivity index is 1.39. The number of anilines is 1. The van der Waals surface area contributed by atoms with Gasteiger partial charge in [0.25, 0.3) is 11.6 Å². The number of carbonyl (C=O) groups is 1. The summed E-state index contributed by atoms with van der Waals surface area (Å²) in [6.07, 6.45) is -0.638. The summed E-state index contributed by atoms with van der Waals surface area (Å²) in [7, 11) is -3.80. The number of benzene rings is 4. The molecular weight excluding hydrogens is 556 g/mol. The SMILES string of the molecule is CC[C@H](Oc1ccc(S(=O)(=O)c2ccc(OCc3ccccc3)cc2)cc1)C(=O)Nc1ccc(Cl)c([N+](=O)[O-])c1. The number of hydrogen-bond acceptors (Lipinski definition) is 7. The van der Waals surface area contributed by atoms with Crippen molar-refractivity contribution in [3.8, 4) is 11.5 Å². The summed E-state index contributed by atoms with van der Waals surface area (Å²) in [5.74, 6) is 0.307. The quantitative estimate of drug-likeness (QED) is 0.159. The molecule has 0 radical (unpaired) electrons. The zero-order valence-corrected chi connectivity index (χ0v) is 22.9. The minimum absolute atomic E-state index is 0.0475. The van der Waals surface area contributed by atoms with Gasteiger partial charge in [0, 0.05) is 11.8 Å². The van der Waals surface area contributed by atoms with E-state index in [1.807, 2.05) is 30.3 Å². The Labute approximate surface area is 236 Å². The van der Waals surface area contributed by atoms with Gasteiger partial charge < -0.3 is 14.8 Å². The summed E-state index contributed by atoms with van der Waals surface area (Å²) in [6.45, 7) is 2.10. The average Bonchev–Trinajstić information content (AvgIpc) is 2.96. The molecule has 1 amide bonds. The van der Waals surface area contributed by atoms with Gasteiger partial charge in [-0.05, 0) is 72.6 Å². The summed E-state index contributed by atoms with van der Waals surface area (Å²) in [5, 5.41) is 13.6. The Bertz CT molecular complexity index is 1590. The number of nitrogens with one attached hydrogen (secondary N) is 1. The molecule has 0 bridgehead atoms. The molecule has 0 aliphatic rings. The van der Waals surface area contributed by atoms with Gasteiger partial charge in [0.1, 0.15) is 23.1 Å². The third-order valence-electron chi connectivity index (χ3n) is 5.87. The Hall–Kier alpha value is -4.41. The van der Waals surface area contributed by atoms with Gasteiger partial charge in [0.15, 0.2) is 6.10 Å². The van der Waals surface area contributed by atoms with Crippen LogP contribution < -0.4 is 14.8 Å². The fourth-order valence-corrected chi connectivity index (χ4v) is 5.18. The Morgan fingerprint density at radius 1 is 0.925 bits per heavy atom. The largest absolute Gasteiger partial charge is 0.489 e. The molecule has 0 aliphatic heterocycles. The molecule has 206 valence electrons. The maximum Gasteiger partial charge on any atom is 0.289 e. The highest BCUT2D eigenvalue weighted by molar-refractivity contribution is 7.91. The van der Waals surface area contributed by atoms with E-state index in [0.717, 1.165) is 11.6 Å². The lowest BCUT2D eigenvalue weighted by molar-refractivity contribution is -0.384. The summed E-state index contributed by atoms with van der Waals surface area (Å²) in [6, 6.07) is 25.5. The predicted molar refractivity (Wildman–Crippen MR) is 151 cm³/mol. The normalized spacial score (nSPS) is 11.8. The van der Waals surface area contributed by atoms with Crippen LogP contribution in [0, 0.1) is 10.1 Å². The van der Waals surface area contributed by atoms with E-state index in [0.29, 0.717) is 18.8 Å². The van der Waals surface area contributed by atoms with E-state index in [9.17, 15) is 23.3 Å². The molecule has 4 aromatic rings. The number of halogens is 1. The molecule has 0 unspecified atom stereocenters. The average molecular weight is 581 g/mol. The van der Waals surface area contributed by atoms with E-state index in [1.54, 1.807) is 19.1 Å². The minimum Gasteiger partial charge on any atom is -0.489 e. The van der Waals surface area contributed by atoms with Gasteiger partial charge >= 0.3 is 0 Å². The zero-order chi connectivity index (χ0) is 28.7. The Kier molecular flexibility index (Phi) is 9.03. The molecule has 0 spiro atoms. The molecule has 4 aromatic carbocycles. The van der Waals surface area contributed by atoms with Gasteiger partial charge in [-0.1, -0.05) is 48.9 Å². The van der Waals surface area contributed by atoms with Crippen molar-refractivity contribution in [2.24, 2.45) is 0 Å². The lowest BCUT2D eigenvalue weighted by Crippen LogP contribution is -2.32. The first-order chi connectivity index (χ1) is 19.2. The minimum atomic E-state index is -3.80. The second kappa shape index (κ2) is 12.6. The molecule has 0 aromatic heterocycles. The molecule has 0 fully saturated rings. The molecule has 0 aliphatic carbocycles. The maximum absolute atomic E-state index is 13.1. The summed E-state index contributed by atoms with van der Waals surface area (Å²) < 4.78 is 37.7. The van der Waals surface area contributed by atoms with Crippen molar-refractivity contribution < 1.29 is 27.6 Å². The van der Waals surface area contributed by atoms with Crippen LogP contribution in [0.15, 0.2) is 107 Å². The van der Waals surface area contributed by atoms with Crippen LogP contribution in [0.3, 0.4) is 0 Å². The van der Waals surface area contributed by atoms with Crippen LogP contribution in [-0.4, -0.2) is 25.4 Å². The number of carbonyl (C=O) groups excluding carboxylic acids is 1. The van der Waals surface area contributed by atoms with Crippen LogP contribution in [0.5, 0.6) is 11.5 Å². The van der Waals surface area contributed by atoms with Crippen molar-refractivity contribution in [3.63, 3.8) is 0 Å². The topological polar surface area (TPSA) is 125 Å². The summed E-state index contributed by atoms with van der Waals surface area (Å²) >= 11 is 5.82. The fraction of sp³-hybridized carbons (Fsp3) is 0.138. The van der Waals surface area contributed by atoms with Crippen LogP contribution in [0.2, 0.25) is 5.02 Å². The highest BCUT2D eigenvalue weighted by Crippen LogP contribution is 2.28. The van der Waals surface area contributed by atoms with E-state index in [1.165, 1.54) is 48.5 Å². The van der Waals surface area contributed by atoms with Crippen molar-refractivity contribution >= 4 is 38.7 Å².